The molecule has 0 aliphatic heterocycles. The van der Waals surface area contributed by atoms with E-state index in [0.29, 0.717) is 6.54 Å². The predicted molar refractivity (Wildman–Crippen MR) is 80.4 cm³/mol. The number of nitrogens with zero attached hydrogens (tertiary/aromatic N) is 2. The van der Waals surface area contributed by atoms with Crippen molar-refractivity contribution < 1.29 is 4.79 Å². The first-order chi connectivity index (χ1) is 9.62. The summed E-state index contributed by atoms with van der Waals surface area (Å²) in [5, 5.41) is 1.98. The summed E-state index contributed by atoms with van der Waals surface area (Å²) >= 11 is 1.55. The number of benzene rings is 1. The van der Waals surface area contributed by atoms with Crippen LogP contribution in [-0.2, 0) is 16.8 Å². The molecule has 2 N–H and O–H groups in total. The molecule has 0 spiro atoms. The fourth-order valence-electron chi connectivity index (χ4n) is 2.55. The summed E-state index contributed by atoms with van der Waals surface area (Å²) in [6.45, 7) is 0.569. The molecule has 0 atom stereocenters. The summed E-state index contributed by atoms with van der Waals surface area (Å²) in [7, 11) is 1.85. The molecule has 5 heteroatoms. The van der Waals surface area contributed by atoms with Gasteiger partial charge in [0, 0.05) is 18.1 Å². The number of anilines is 1. The van der Waals surface area contributed by atoms with Crippen LogP contribution in [0.15, 0.2) is 35.2 Å². The van der Waals surface area contributed by atoms with E-state index in [0.717, 1.165) is 29.8 Å². The number of thiazole rings is 1. The molecular weight excluding hydrogens is 270 g/mol. The average Bonchev–Trinajstić information content (AvgIpc) is 3.10. The molecule has 1 aliphatic rings. The summed E-state index contributed by atoms with van der Waals surface area (Å²) in [5.74, 6) is 0.176. The molecule has 3 rings (SSSR count). The van der Waals surface area contributed by atoms with Gasteiger partial charge in [-0.25, -0.2) is 4.98 Å². The van der Waals surface area contributed by atoms with Gasteiger partial charge in [0.1, 0.15) is 0 Å². The van der Waals surface area contributed by atoms with Crippen molar-refractivity contribution >= 4 is 22.9 Å². The highest BCUT2D eigenvalue weighted by Crippen LogP contribution is 2.49. The summed E-state index contributed by atoms with van der Waals surface area (Å²) < 4.78 is 0. The SMILES string of the molecule is CN(Cc1cscn1)C(=O)C1(c2ccc(N)cc2)CC1. The van der Waals surface area contributed by atoms with Gasteiger partial charge in [-0.3, -0.25) is 4.79 Å². The molecule has 1 aromatic carbocycles. The molecule has 0 radical (unpaired) electrons. The predicted octanol–water partition coefficient (Wildman–Crippen LogP) is 2.42. The second-order valence-electron chi connectivity index (χ2n) is 5.35. The van der Waals surface area contributed by atoms with Gasteiger partial charge in [-0.1, -0.05) is 12.1 Å². The number of hydrogen-bond acceptors (Lipinski definition) is 4. The number of rotatable bonds is 4. The zero-order valence-electron chi connectivity index (χ0n) is 11.4. The minimum Gasteiger partial charge on any atom is -0.399 e. The van der Waals surface area contributed by atoms with Crippen molar-refractivity contribution in [3.8, 4) is 0 Å². The molecule has 0 saturated heterocycles. The van der Waals surface area contributed by atoms with Gasteiger partial charge in [0.05, 0.1) is 23.2 Å². The number of carbonyl (C=O) groups is 1. The van der Waals surface area contributed by atoms with Crippen LogP contribution in [0.25, 0.3) is 0 Å². The van der Waals surface area contributed by atoms with Gasteiger partial charge < -0.3 is 10.6 Å². The zero-order chi connectivity index (χ0) is 14.2. The van der Waals surface area contributed by atoms with Gasteiger partial charge in [0.25, 0.3) is 0 Å². The Bertz CT molecular complexity index is 603. The summed E-state index contributed by atoms with van der Waals surface area (Å²) in [5.41, 5.74) is 9.92. The molecule has 1 amide bonds. The van der Waals surface area contributed by atoms with Crippen LogP contribution in [0.4, 0.5) is 5.69 Å². The molecule has 104 valence electrons. The Morgan fingerprint density at radius 1 is 1.40 bits per heavy atom. The summed E-state index contributed by atoms with van der Waals surface area (Å²) in [6.07, 6.45) is 1.83. The minimum atomic E-state index is -0.335. The van der Waals surface area contributed by atoms with E-state index in [1.165, 1.54) is 0 Å². The Kier molecular flexibility index (Phi) is 3.22. The highest BCUT2D eigenvalue weighted by Gasteiger charge is 2.52. The standard InChI is InChI=1S/C15H17N3OS/c1-18(8-13-9-20-10-17-13)14(19)15(6-7-15)11-2-4-12(16)5-3-11/h2-5,9-10H,6-8,16H2,1H3. The van der Waals surface area contributed by atoms with E-state index in [9.17, 15) is 4.79 Å². The zero-order valence-corrected chi connectivity index (χ0v) is 12.2. The maximum absolute atomic E-state index is 12.7. The number of hydrogen-bond donors (Lipinski definition) is 1. The van der Waals surface area contributed by atoms with Crippen LogP contribution in [0.2, 0.25) is 0 Å². The van der Waals surface area contributed by atoms with Crippen LogP contribution in [0.5, 0.6) is 0 Å². The lowest BCUT2D eigenvalue weighted by molar-refractivity contribution is -0.133. The van der Waals surface area contributed by atoms with E-state index in [4.69, 9.17) is 5.73 Å². The third kappa shape index (κ3) is 2.29. The van der Waals surface area contributed by atoms with Crippen molar-refractivity contribution in [2.45, 2.75) is 24.8 Å². The van der Waals surface area contributed by atoms with Crippen LogP contribution in [-0.4, -0.2) is 22.8 Å². The van der Waals surface area contributed by atoms with Crippen molar-refractivity contribution in [3.05, 3.63) is 46.4 Å². The van der Waals surface area contributed by atoms with Crippen LogP contribution in [0.1, 0.15) is 24.1 Å². The number of likely N-dealkylation sites (N-methyl/N-ethyl adjacent to an activating group) is 1. The third-order valence-corrected chi connectivity index (χ3v) is 4.49. The van der Waals surface area contributed by atoms with Gasteiger partial charge in [0.2, 0.25) is 5.91 Å². The fourth-order valence-corrected chi connectivity index (χ4v) is 3.10. The second kappa shape index (κ2) is 4.90. The molecule has 0 unspecified atom stereocenters. The van der Waals surface area contributed by atoms with Crippen molar-refractivity contribution in [2.75, 3.05) is 12.8 Å². The molecule has 1 heterocycles. The van der Waals surface area contributed by atoms with Gasteiger partial charge in [-0.2, -0.15) is 0 Å². The van der Waals surface area contributed by atoms with Crippen molar-refractivity contribution in [2.24, 2.45) is 0 Å². The van der Waals surface area contributed by atoms with Crippen LogP contribution in [0, 0.1) is 0 Å². The Morgan fingerprint density at radius 2 is 2.10 bits per heavy atom. The highest BCUT2D eigenvalue weighted by atomic mass is 32.1. The van der Waals surface area contributed by atoms with Gasteiger partial charge in [-0.05, 0) is 30.5 Å². The molecule has 1 fully saturated rings. The minimum absolute atomic E-state index is 0.176. The molecule has 1 saturated carbocycles. The Labute approximate surface area is 122 Å². The monoisotopic (exact) mass is 287 g/mol. The maximum atomic E-state index is 12.7. The summed E-state index contributed by atoms with van der Waals surface area (Å²) in [4.78, 5) is 18.7. The average molecular weight is 287 g/mol. The molecule has 2 aromatic rings. The van der Waals surface area contributed by atoms with E-state index >= 15 is 0 Å². The van der Waals surface area contributed by atoms with Crippen molar-refractivity contribution in [1.82, 2.24) is 9.88 Å². The van der Waals surface area contributed by atoms with Crippen LogP contribution >= 0.6 is 11.3 Å². The van der Waals surface area contributed by atoms with Crippen molar-refractivity contribution in [1.29, 1.82) is 0 Å². The Balaban J connectivity index is 1.77. The smallest absolute Gasteiger partial charge is 0.233 e. The van der Waals surface area contributed by atoms with Crippen LogP contribution < -0.4 is 5.73 Å². The largest absolute Gasteiger partial charge is 0.399 e. The Morgan fingerprint density at radius 3 is 2.65 bits per heavy atom. The summed E-state index contributed by atoms with van der Waals surface area (Å²) in [6, 6.07) is 7.67. The van der Waals surface area contributed by atoms with E-state index in [-0.39, 0.29) is 11.3 Å². The van der Waals surface area contributed by atoms with E-state index in [2.05, 4.69) is 4.98 Å². The molecule has 1 aliphatic carbocycles. The highest BCUT2D eigenvalue weighted by molar-refractivity contribution is 7.07. The van der Waals surface area contributed by atoms with Crippen molar-refractivity contribution in [3.63, 3.8) is 0 Å². The number of amides is 1. The normalized spacial score (nSPS) is 15.8. The lowest BCUT2D eigenvalue weighted by atomic mass is 9.94. The number of carbonyl (C=O) groups excluding carboxylic acids is 1. The quantitative estimate of drug-likeness (QED) is 0.879. The molecule has 4 nitrogen and oxygen atoms in total. The van der Waals surface area contributed by atoms with Gasteiger partial charge in [0.15, 0.2) is 0 Å². The number of aromatic nitrogens is 1. The first kappa shape index (κ1) is 13.1. The van der Waals surface area contributed by atoms with Crippen LogP contribution in [0.3, 0.4) is 0 Å². The first-order valence-electron chi connectivity index (χ1n) is 6.60. The third-order valence-electron chi connectivity index (χ3n) is 3.85. The molecule has 0 bridgehead atoms. The lowest BCUT2D eigenvalue weighted by Gasteiger charge is -2.23. The molecule has 20 heavy (non-hydrogen) atoms. The second-order valence-corrected chi connectivity index (χ2v) is 6.06. The number of nitrogen functional groups attached to an aromatic ring is 1. The topological polar surface area (TPSA) is 59.2 Å². The molecule has 1 aromatic heterocycles. The van der Waals surface area contributed by atoms with Gasteiger partial charge in [-0.15, -0.1) is 11.3 Å². The molecular formula is C15H17N3OS. The van der Waals surface area contributed by atoms with E-state index in [1.807, 2.05) is 36.7 Å². The van der Waals surface area contributed by atoms with E-state index < -0.39 is 0 Å². The fraction of sp³-hybridized carbons (Fsp3) is 0.333. The maximum Gasteiger partial charge on any atom is 0.233 e. The van der Waals surface area contributed by atoms with Gasteiger partial charge >= 0.3 is 0 Å². The van der Waals surface area contributed by atoms with E-state index in [1.54, 1.807) is 21.7 Å². The lowest BCUT2D eigenvalue weighted by Crippen LogP contribution is -2.36. The Hall–Kier alpha value is -1.88. The number of nitrogens with two attached hydrogens (primary N) is 1. The first-order valence-corrected chi connectivity index (χ1v) is 7.55.